The largest absolute Gasteiger partial charge is 0.276 e. The van der Waals surface area contributed by atoms with Gasteiger partial charge < -0.3 is 0 Å². The van der Waals surface area contributed by atoms with Gasteiger partial charge in [-0.25, -0.2) is 0 Å². The van der Waals surface area contributed by atoms with Crippen LogP contribution in [-0.2, 0) is 0 Å². The van der Waals surface area contributed by atoms with Gasteiger partial charge in [0.25, 0.3) is 0 Å². The van der Waals surface area contributed by atoms with E-state index in [1.165, 1.54) is 18.4 Å². The zero-order valence-electron chi connectivity index (χ0n) is 7.43. The molecule has 1 saturated carbocycles. The van der Waals surface area contributed by atoms with E-state index in [2.05, 4.69) is 29.8 Å². The third-order valence-electron chi connectivity index (χ3n) is 2.15. The minimum atomic E-state index is 0.684. The molecule has 0 N–H and O–H groups in total. The van der Waals surface area contributed by atoms with Crippen LogP contribution < -0.4 is 0 Å². The Morgan fingerprint density at radius 1 is 1.50 bits per heavy atom. The first kappa shape index (κ1) is 7.61. The zero-order chi connectivity index (χ0) is 8.39. The van der Waals surface area contributed by atoms with Gasteiger partial charge >= 0.3 is 0 Å². The van der Waals surface area contributed by atoms with E-state index in [1.807, 2.05) is 0 Å². The Balaban J connectivity index is 2.04. The van der Waals surface area contributed by atoms with Crippen LogP contribution in [0.25, 0.3) is 0 Å². The molecule has 1 heteroatoms. The van der Waals surface area contributed by atoms with Gasteiger partial charge in [-0.15, -0.1) is 0 Å². The van der Waals surface area contributed by atoms with Gasteiger partial charge in [0.05, 0.1) is 0 Å². The van der Waals surface area contributed by atoms with E-state index in [1.54, 1.807) is 0 Å². The van der Waals surface area contributed by atoms with Crippen LogP contribution in [0, 0.1) is 17.8 Å². The van der Waals surface area contributed by atoms with Crippen LogP contribution in [0.5, 0.6) is 0 Å². The first-order valence-corrected chi connectivity index (χ1v) is 4.58. The Bertz CT molecular complexity index is 295. The predicted octanol–water partition coefficient (Wildman–Crippen LogP) is 2.19. The standard InChI is InChI=1S/C11H13N/c1-9-6-7-12-11(8-9)5-4-10-2-3-10/h8,10H,2-3,6-7H2,1H3. The average Bonchev–Trinajstić information content (AvgIpc) is 2.84. The number of hydrogen-bond donors (Lipinski definition) is 0. The summed E-state index contributed by atoms with van der Waals surface area (Å²) in [4.78, 5) is 4.35. The van der Waals surface area contributed by atoms with E-state index in [0.717, 1.165) is 18.7 Å². The van der Waals surface area contributed by atoms with Crippen LogP contribution in [0.2, 0.25) is 0 Å². The third-order valence-corrected chi connectivity index (χ3v) is 2.15. The van der Waals surface area contributed by atoms with Crippen molar-refractivity contribution in [3.05, 3.63) is 11.6 Å². The van der Waals surface area contributed by atoms with Crippen LogP contribution in [-0.4, -0.2) is 12.3 Å². The molecule has 0 radical (unpaired) electrons. The summed E-state index contributed by atoms with van der Waals surface area (Å²) in [6.45, 7) is 3.07. The van der Waals surface area contributed by atoms with Crippen molar-refractivity contribution < 1.29 is 0 Å². The molecule has 12 heavy (non-hydrogen) atoms. The molecule has 62 valence electrons. The highest BCUT2D eigenvalue weighted by molar-refractivity contribution is 6.09. The Kier molecular flexibility index (Phi) is 1.99. The minimum Gasteiger partial charge on any atom is -0.276 e. The van der Waals surface area contributed by atoms with Crippen molar-refractivity contribution >= 4 is 5.71 Å². The fourth-order valence-electron chi connectivity index (χ4n) is 1.18. The smallest absolute Gasteiger partial charge is 0.107 e. The van der Waals surface area contributed by atoms with Crippen molar-refractivity contribution in [3.63, 3.8) is 0 Å². The molecule has 0 spiro atoms. The summed E-state index contributed by atoms with van der Waals surface area (Å²) in [5.74, 6) is 7.04. The van der Waals surface area contributed by atoms with E-state index in [-0.39, 0.29) is 0 Å². The second-order valence-electron chi connectivity index (χ2n) is 3.55. The fraction of sp³-hybridized carbons (Fsp3) is 0.545. The summed E-state index contributed by atoms with van der Waals surface area (Å²) in [7, 11) is 0. The number of allylic oxidation sites excluding steroid dienone is 1. The van der Waals surface area contributed by atoms with Gasteiger partial charge in [0.15, 0.2) is 0 Å². The number of nitrogens with zero attached hydrogens (tertiary/aromatic N) is 1. The predicted molar refractivity (Wildman–Crippen MR) is 51.2 cm³/mol. The summed E-state index contributed by atoms with van der Waals surface area (Å²) in [6, 6.07) is 0. The first-order valence-electron chi connectivity index (χ1n) is 4.58. The molecule has 0 bridgehead atoms. The highest BCUT2D eigenvalue weighted by Crippen LogP contribution is 2.27. The van der Waals surface area contributed by atoms with Crippen molar-refractivity contribution in [3.8, 4) is 11.8 Å². The molecule has 1 fully saturated rings. The van der Waals surface area contributed by atoms with Crippen LogP contribution in [0.3, 0.4) is 0 Å². The molecule has 1 nitrogen and oxygen atoms in total. The van der Waals surface area contributed by atoms with Gasteiger partial charge in [-0.1, -0.05) is 11.5 Å². The molecule has 0 aromatic rings. The number of aliphatic imine (C=N–C) groups is 1. The van der Waals surface area contributed by atoms with Gasteiger partial charge in [-0.3, -0.25) is 4.99 Å². The quantitative estimate of drug-likeness (QED) is 0.480. The van der Waals surface area contributed by atoms with Crippen LogP contribution in [0.4, 0.5) is 0 Å². The normalized spacial score (nSPS) is 22.1. The Morgan fingerprint density at radius 2 is 2.33 bits per heavy atom. The second kappa shape index (κ2) is 3.15. The van der Waals surface area contributed by atoms with Gasteiger partial charge in [-0.05, 0) is 38.2 Å². The topological polar surface area (TPSA) is 12.4 Å². The maximum absolute atomic E-state index is 4.35. The number of rotatable bonds is 0. The van der Waals surface area contributed by atoms with Crippen molar-refractivity contribution in [2.24, 2.45) is 10.9 Å². The Morgan fingerprint density at radius 3 is 3.00 bits per heavy atom. The third kappa shape index (κ3) is 1.98. The molecule has 0 aromatic carbocycles. The summed E-state index contributed by atoms with van der Waals surface area (Å²) in [6.07, 6.45) is 5.81. The molecule has 1 aliphatic carbocycles. The van der Waals surface area contributed by atoms with Crippen molar-refractivity contribution in [2.75, 3.05) is 6.54 Å². The number of dihydropyridines is 1. The molecule has 1 aliphatic heterocycles. The lowest BCUT2D eigenvalue weighted by atomic mass is 10.1. The van der Waals surface area contributed by atoms with E-state index >= 15 is 0 Å². The number of hydrogen-bond acceptors (Lipinski definition) is 1. The van der Waals surface area contributed by atoms with E-state index in [4.69, 9.17) is 0 Å². The monoisotopic (exact) mass is 159 g/mol. The summed E-state index contributed by atoms with van der Waals surface area (Å²) in [5.41, 5.74) is 2.40. The SMILES string of the molecule is CC1=CC(C#CC2CC2)=NCC1. The lowest BCUT2D eigenvalue weighted by molar-refractivity contribution is 0.938. The van der Waals surface area contributed by atoms with E-state index < -0.39 is 0 Å². The van der Waals surface area contributed by atoms with E-state index in [9.17, 15) is 0 Å². The zero-order valence-corrected chi connectivity index (χ0v) is 7.43. The summed E-state index contributed by atoms with van der Waals surface area (Å²) < 4.78 is 0. The molecule has 1 heterocycles. The fourth-order valence-corrected chi connectivity index (χ4v) is 1.18. The van der Waals surface area contributed by atoms with Crippen LogP contribution in [0.1, 0.15) is 26.2 Å². The lowest BCUT2D eigenvalue weighted by Crippen LogP contribution is -2.00. The maximum atomic E-state index is 4.35. The molecular formula is C11H13N. The molecule has 0 unspecified atom stereocenters. The first-order chi connectivity index (χ1) is 5.84. The van der Waals surface area contributed by atoms with Gasteiger partial charge in [0, 0.05) is 12.5 Å². The molecule has 0 atom stereocenters. The van der Waals surface area contributed by atoms with Crippen molar-refractivity contribution in [1.82, 2.24) is 0 Å². The molecule has 0 saturated heterocycles. The molecule has 0 amide bonds. The molecule has 2 aliphatic rings. The van der Waals surface area contributed by atoms with Crippen molar-refractivity contribution in [1.29, 1.82) is 0 Å². The van der Waals surface area contributed by atoms with E-state index in [0.29, 0.717) is 5.92 Å². The van der Waals surface area contributed by atoms with Crippen LogP contribution in [0.15, 0.2) is 16.6 Å². The summed E-state index contributed by atoms with van der Waals surface area (Å²) >= 11 is 0. The highest BCUT2D eigenvalue weighted by atomic mass is 14.7. The Labute approximate surface area is 73.6 Å². The molecule has 2 rings (SSSR count). The Hall–Kier alpha value is -1.03. The van der Waals surface area contributed by atoms with Crippen molar-refractivity contribution in [2.45, 2.75) is 26.2 Å². The van der Waals surface area contributed by atoms with Gasteiger partial charge in [-0.2, -0.15) is 0 Å². The van der Waals surface area contributed by atoms with Crippen LogP contribution >= 0.6 is 0 Å². The highest BCUT2D eigenvalue weighted by Gasteiger charge is 2.17. The van der Waals surface area contributed by atoms with Gasteiger partial charge in [0.2, 0.25) is 0 Å². The maximum Gasteiger partial charge on any atom is 0.107 e. The second-order valence-corrected chi connectivity index (χ2v) is 3.55. The minimum absolute atomic E-state index is 0.684. The van der Waals surface area contributed by atoms with Gasteiger partial charge in [0.1, 0.15) is 5.71 Å². The summed E-state index contributed by atoms with van der Waals surface area (Å²) in [5, 5.41) is 0. The molecular weight excluding hydrogens is 146 g/mol. The average molecular weight is 159 g/mol. The lowest BCUT2D eigenvalue weighted by Gasteiger charge is -2.03. The molecule has 0 aromatic heterocycles.